The van der Waals surface area contributed by atoms with Gasteiger partial charge in [0.2, 0.25) is 0 Å². The lowest BCUT2D eigenvalue weighted by Gasteiger charge is -2.04. The predicted octanol–water partition coefficient (Wildman–Crippen LogP) is 7.72. The highest BCUT2D eigenvalue weighted by Crippen LogP contribution is 2.40. The van der Waals surface area contributed by atoms with Crippen LogP contribution in [0.2, 0.25) is 0 Å². The third kappa shape index (κ3) is 4.66. The molecule has 0 radical (unpaired) electrons. The van der Waals surface area contributed by atoms with Gasteiger partial charge < -0.3 is 20.2 Å². The number of aryl methyl sites for hydroxylation is 4. The molecule has 0 fully saturated rings. The molecule has 0 amide bonds. The van der Waals surface area contributed by atoms with Crippen LogP contribution in [0.5, 0.6) is 0 Å². The second kappa shape index (κ2) is 10.7. The Bertz CT molecular complexity index is 2360. The molecule has 9 nitrogen and oxygen atoms in total. The molecule has 0 spiro atoms. The van der Waals surface area contributed by atoms with Crippen LogP contribution in [-0.2, 0) is 22.4 Å². The minimum Gasteiger partial charge on any atom is -0.481 e. The number of nitrogens with one attached hydrogen (secondary N) is 2. The Hall–Kier alpha value is -5.31. The fourth-order valence-electron chi connectivity index (χ4n) is 6.90. The number of hydrogen-bond acceptors (Lipinski definition) is 5. The average Bonchev–Trinajstić information content (AvgIpc) is 3.70. The van der Waals surface area contributed by atoms with E-state index in [9.17, 15) is 19.8 Å². The monoisotopic (exact) mass is 599 g/mol. The molecule has 1 aliphatic heterocycles. The van der Waals surface area contributed by atoms with E-state index in [1.807, 2.05) is 44.3 Å². The first-order valence-electron chi connectivity index (χ1n) is 15.2. The maximum absolute atomic E-state index is 11.7. The summed E-state index contributed by atoms with van der Waals surface area (Å²) in [6.07, 6.45) is 3.25. The van der Waals surface area contributed by atoms with E-state index < -0.39 is 11.9 Å². The van der Waals surface area contributed by atoms with Crippen LogP contribution in [0.3, 0.4) is 0 Å². The SMILES string of the molecule is CCc1c(C)c2cc3nc4c(ccc5nccc3c54)c3nc(cc4[nH]c(cc1[nH]2)c(C)c4CCC(=O)O)C(CCC(=O)O)=C3C. The van der Waals surface area contributed by atoms with Crippen LogP contribution in [0.4, 0.5) is 0 Å². The van der Waals surface area contributed by atoms with E-state index >= 15 is 0 Å². The zero-order chi connectivity index (χ0) is 31.6. The quantitative estimate of drug-likeness (QED) is 0.147. The van der Waals surface area contributed by atoms with Crippen molar-refractivity contribution in [3.63, 3.8) is 0 Å². The second-order valence-electron chi connectivity index (χ2n) is 11.8. The number of aliphatic carboxylic acids is 2. The average molecular weight is 600 g/mol. The number of nitrogens with zero attached hydrogens (tertiary/aromatic N) is 3. The lowest BCUT2D eigenvalue weighted by Crippen LogP contribution is -1.98. The molecule has 6 aromatic rings. The highest BCUT2D eigenvalue weighted by Gasteiger charge is 2.22. The highest BCUT2D eigenvalue weighted by atomic mass is 16.4. The number of fused-ring (bicyclic) bond motifs is 9. The van der Waals surface area contributed by atoms with Crippen molar-refractivity contribution < 1.29 is 19.8 Å². The topological polar surface area (TPSA) is 145 Å². The van der Waals surface area contributed by atoms with E-state index in [-0.39, 0.29) is 12.8 Å². The van der Waals surface area contributed by atoms with Gasteiger partial charge in [-0.1, -0.05) is 6.92 Å². The summed E-state index contributed by atoms with van der Waals surface area (Å²) >= 11 is 0. The number of H-pyrrole nitrogens is 2. The van der Waals surface area contributed by atoms with Crippen LogP contribution in [0.1, 0.15) is 66.8 Å². The van der Waals surface area contributed by atoms with Crippen molar-refractivity contribution in [1.29, 1.82) is 0 Å². The van der Waals surface area contributed by atoms with Gasteiger partial charge in [-0.05, 0) is 110 Å². The van der Waals surface area contributed by atoms with Crippen molar-refractivity contribution in [3.05, 3.63) is 76.2 Å². The summed E-state index contributed by atoms with van der Waals surface area (Å²) in [5, 5.41) is 22.0. The molecule has 0 unspecified atom stereocenters. The van der Waals surface area contributed by atoms with E-state index in [1.54, 1.807) is 0 Å². The maximum atomic E-state index is 11.7. The Morgan fingerprint density at radius 1 is 0.756 bits per heavy atom. The van der Waals surface area contributed by atoms with Crippen molar-refractivity contribution >= 4 is 77.9 Å². The number of carboxylic acid groups (broad SMARTS) is 2. The molecule has 0 aliphatic carbocycles. The number of hydrogen-bond donors (Lipinski definition) is 4. The van der Waals surface area contributed by atoms with Gasteiger partial charge in [-0.3, -0.25) is 14.6 Å². The second-order valence-corrected chi connectivity index (χ2v) is 11.8. The maximum Gasteiger partial charge on any atom is 0.303 e. The first kappa shape index (κ1) is 28.5. The molecule has 0 saturated heterocycles. The van der Waals surface area contributed by atoms with Crippen LogP contribution in [0.25, 0.3) is 65.9 Å². The van der Waals surface area contributed by atoms with Gasteiger partial charge in [0.15, 0.2) is 0 Å². The largest absolute Gasteiger partial charge is 0.481 e. The lowest BCUT2D eigenvalue weighted by molar-refractivity contribution is -0.137. The molecule has 45 heavy (non-hydrogen) atoms. The molecule has 1 aromatic carbocycles. The van der Waals surface area contributed by atoms with E-state index in [0.717, 1.165) is 94.7 Å². The van der Waals surface area contributed by atoms with Crippen molar-refractivity contribution in [3.8, 4) is 0 Å². The Labute approximate surface area is 258 Å². The minimum atomic E-state index is -0.881. The third-order valence-electron chi connectivity index (χ3n) is 9.28. The third-order valence-corrected chi connectivity index (χ3v) is 9.28. The number of aromatic nitrogens is 5. The molecule has 0 atom stereocenters. The summed E-state index contributed by atoms with van der Waals surface area (Å²) in [6.45, 7) is 8.26. The molecule has 4 N–H and O–H groups in total. The molecular formula is C36H33N5O4. The molecular weight excluding hydrogens is 566 g/mol. The van der Waals surface area contributed by atoms with Gasteiger partial charge in [-0.2, -0.15) is 0 Å². The summed E-state index contributed by atoms with van der Waals surface area (Å²) in [6, 6.07) is 12.1. The minimum absolute atomic E-state index is 0.0125. The van der Waals surface area contributed by atoms with Crippen LogP contribution in [-0.4, -0.2) is 47.1 Å². The molecule has 7 rings (SSSR count). The summed E-state index contributed by atoms with van der Waals surface area (Å²) < 4.78 is 0. The number of pyridine rings is 1. The van der Waals surface area contributed by atoms with Gasteiger partial charge in [-0.15, -0.1) is 0 Å². The summed E-state index contributed by atoms with van der Waals surface area (Å²) in [4.78, 5) is 45.5. The zero-order valence-corrected chi connectivity index (χ0v) is 25.6. The molecule has 8 bridgehead atoms. The van der Waals surface area contributed by atoms with E-state index in [4.69, 9.17) is 9.97 Å². The van der Waals surface area contributed by atoms with Crippen LogP contribution < -0.4 is 0 Å². The van der Waals surface area contributed by atoms with Crippen LogP contribution >= 0.6 is 0 Å². The van der Waals surface area contributed by atoms with E-state index in [2.05, 4.69) is 40.9 Å². The Balaban J connectivity index is 1.68. The molecule has 226 valence electrons. The Morgan fingerprint density at radius 2 is 1.44 bits per heavy atom. The molecule has 6 heterocycles. The number of allylic oxidation sites excluding steroid dienone is 2. The number of carbonyl (C=O) groups is 2. The van der Waals surface area contributed by atoms with Gasteiger partial charge in [0, 0.05) is 57.3 Å². The number of benzene rings is 1. The lowest BCUT2D eigenvalue weighted by atomic mass is 9.98. The van der Waals surface area contributed by atoms with E-state index in [0.29, 0.717) is 18.5 Å². The number of aromatic amines is 2. The van der Waals surface area contributed by atoms with Gasteiger partial charge in [0.1, 0.15) is 0 Å². The van der Waals surface area contributed by atoms with Crippen molar-refractivity contribution in [2.75, 3.05) is 0 Å². The van der Waals surface area contributed by atoms with Crippen LogP contribution in [0.15, 0.2) is 42.6 Å². The van der Waals surface area contributed by atoms with Crippen molar-refractivity contribution in [2.45, 2.75) is 59.8 Å². The van der Waals surface area contributed by atoms with Crippen molar-refractivity contribution in [2.24, 2.45) is 0 Å². The summed E-state index contributed by atoms with van der Waals surface area (Å²) in [5.41, 5.74) is 13.5. The standard InChI is InChI=1S/C36H33N5O4/c1-5-20-17(2)26-15-31-23-12-13-37-25-9-6-24(36(41-31)34(23)25)35-19(4)22(8-11-33(44)45)30(40-35)16-29-21(7-10-32(42)43)18(3)27(39-29)14-28(20)38-26/h6,9,12-16,38-39H,5,7-8,10-11H2,1-4H3,(H,42,43)(H,44,45). The Kier molecular flexibility index (Phi) is 6.76. The fourth-order valence-corrected chi connectivity index (χ4v) is 6.90. The van der Waals surface area contributed by atoms with E-state index in [1.165, 1.54) is 5.56 Å². The first-order chi connectivity index (χ1) is 21.6. The van der Waals surface area contributed by atoms with Crippen molar-refractivity contribution in [1.82, 2.24) is 24.9 Å². The van der Waals surface area contributed by atoms with Crippen LogP contribution in [0, 0.1) is 13.8 Å². The fraction of sp³-hybridized carbons (Fsp3) is 0.250. The molecule has 5 aromatic heterocycles. The predicted molar refractivity (Wildman–Crippen MR) is 178 cm³/mol. The Morgan fingerprint density at radius 3 is 2.18 bits per heavy atom. The van der Waals surface area contributed by atoms with Gasteiger partial charge in [0.05, 0.1) is 27.9 Å². The van der Waals surface area contributed by atoms with Gasteiger partial charge in [-0.25, -0.2) is 9.97 Å². The van der Waals surface area contributed by atoms with Gasteiger partial charge >= 0.3 is 11.9 Å². The molecule has 1 aliphatic rings. The molecule has 9 heteroatoms. The zero-order valence-electron chi connectivity index (χ0n) is 25.6. The smallest absolute Gasteiger partial charge is 0.303 e. The first-order valence-corrected chi connectivity index (χ1v) is 15.2. The molecule has 0 saturated carbocycles. The van der Waals surface area contributed by atoms with Gasteiger partial charge in [0.25, 0.3) is 0 Å². The number of carboxylic acids is 2. The normalized spacial score (nSPS) is 12.7. The summed E-state index contributed by atoms with van der Waals surface area (Å²) in [7, 11) is 0. The summed E-state index contributed by atoms with van der Waals surface area (Å²) in [5.74, 6) is -1.75. The highest BCUT2D eigenvalue weighted by molar-refractivity contribution is 6.21. The number of rotatable bonds is 7.